The van der Waals surface area contributed by atoms with Crippen molar-refractivity contribution in [3.05, 3.63) is 43.3 Å². The molecule has 3 aromatic rings. The number of halogens is 2. The van der Waals surface area contributed by atoms with Crippen molar-refractivity contribution in [3.63, 3.8) is 0 Å². The van der Waals surface area contributed by atoms with E-state index in [-0.39, 0.29) is 5.82 Å². The Bertz CT molecular complexity index is 845. The standard InChI is InChI=1S/C13H11FIN3OS/c1-6-8(7(2)19-17-6)5-18-12-3-9(14)10(15)4-11(12)16-13(18)20/h3-4H,5H2,1-2H3,(H,16,20). The van der Waals surface area contributed by atoms with Crippen LogP contribution < -0.4 is 0 Å². The van der Waals surface area contributed by atoms with E-state index in [0.717, 1.165) is 28.1 Å². The zero-order valence-electron chi connectivity index (χ0n) is 10.8. The number of nitrogens with zero attached hydrogens (tertiary/aromatic N) is 2. The third kappa shape index (κ3) is 2.18. The first kappa shape index (κ1) is 13.7. The van der Waals surface area contributed by atoms with E-state index in [1.165, 1.54) is 6.07 Å². The van der Waals surface area contributed by atoms with Crippen molar-refractivity contribution in [2.24, 2.45) is 0 Å². The van der Waals surface area contributed by atoms with Crippen molar-refractivity contribution in [2.75, 3.05) is 0 Å². The van der Waals surface area contributed by atoms with Crippen molar-refractivity contribution in [1.82, 2.24) is 14.7 Å². The summed E-state index contributed by atoms with van der Waals surface area (Å²) in [6.07, 6.45) is 0. The summed E-state index contributed by atoms with van der Waals surface area (Å²) in [6, 6.07) is 3.26. The van der Waals surface area contributed by atoms with Gasteiger partial charge in [-0.15, -0.1) is 0 Å². The molecule has 0 aliphatic carbocycles. The van der Waals surface area contributed by atoms with Crippen LogP contribution in [-0.2, 0) is 6.54 Å². The SMILES string of the molecule is Cc1noc(C)c1Cn1c(=S)[nH]c2cc(I)c(F)cc21. The Morgan fingerprint density at radius 3 is 2.85 bits per heavy atom. The highest BCUT2D eigenvalue weighted by Gasteiger charge is 2.14. The molecule has 0 aliphatic heterocycles. The number of fused-ring (bicyclic) bond motifs is 1. The van der Waals surface area contributed by atoms with Crippen LogP contribution in [0.2, 0.25) is 0 Å². The van der Waals surface area contributed by atoms with Crippen LogP contribution in [0.4, 0.5) is 4.39 Å². The summed E-state index contributed by atoms with van der Waals surface area (Å²) in [5.74, 6) is 0.504. The number of hydrogen-bond acceptors (Lipinski definition) is 3. The van der Waals surface area contributed by atoms with Gasteiger partial charge in [0.05, 0.1) is 26.8 Å². The number of aromatic nitrogens is 3. The van der Waals surface area contributed by atoms with Crippen LogP contribution in [-0.4, -0.2) is 14.7 Å². The zero-order chi connectivity index (χ0) is 14.4. The van der Waals surface area contributed by atoms with E-state index in [2.05, 4.69) is 10.1 Å². The van der Waals surface area contributed by atoms with Gasteiger partial charge in [0, 0.05) is 11.6 Å². The third-order valence-corrected chi connectivity index (χ3v) is 4.46. The highest BCUT2D eigenvalue weighted by molar-refractivity contribution is 14.1. The molecule has 3 rings (SSSR count). The smallest absolute Gasteiger partial charge is 0.178 e. The number of hydrogen-bond donors (Lipinski definition) is 1. The van der Waals surface area contributed by atoms with Gasteiger partial charge in [-0.3, -0.25) is 0 Å². The minimum Gasteiger partial charge on any atom is -0.361 e. The molecule has 0 spiro atoms. The molecule has 0 fully saturated rings. The van der Waals surface area contributed by atoms with Crippen molar-refractivity contribution in [3.8, 4) is 0 Å². The molecule has 0 amide bonds. The lowest BCUT2D eigenvalue weighted by Gasteiger charge is -2.04. The molecule has 2 heterocycles. The van der Waals surface area contributed by atoms with Gasteiger partial charge in [-0.05, 0) is 54.7 Å². The molecule has 1 aromatic carbocycles. The van der Waals surface area contributed by atoms with E-state index in [1.54, 1.807) is 6.07 Å². The molecule has 0 bridgehead atoms. The quantitative estimate of drug-likeness (QED) is 0.518. The normalized spacial score (nSPS) is 11.4. The Balaban J connectivity index is 2.19. The van der Waals surface area contributed by atoms with Gasteiger partial charge in [-0.25, -0.2) is 4.39 Å². The molecular weight excluding hydrogens is 392 g/mol. The van der Waals surface area contributed by atoms with Gasteiger partial charge in [0.2, 0.25) is 0 Å². The minimum absolute atomic E-state index is 0.250. The summed E-state index contributed by atoms with van der Waals surface area (Å²) in [7, 11) is 0. The Labute approximate surface area is 133 Å². The van der Waals surface area contributed by atoms with Crippen LogP contribution in [0.25, 0.3) is 11.0 Å². The number of H-pyrrole nitrogens is 1. The maximum absolute atomic E-state index is 13.8. The van der Waals surface area contributed by atoms with E-state index in [9.17, 15) is 4.39 Å². The first-order valence-electron chi connectivity index (χ1n) is 5.96. The molecule has 1 N–H and O–H groups in total. The average Bonchev–Trinajstić information content (AvgIpc) is 2.85. The van der Waals surface area contributed by atoms with Gasteiger partial charge in [0.15, 0.2) is 4.77 Å². The molecule has 0 saturated carbocycles. The largest absolute Gasteiger partial charge is 0.361 e. The fourth-order valence-electron chi connectivity index (χ4n) is 2.19. The Hall–Kier alpha value is -1.22. The van der Waals surface area contributed by atoms with Crippen molar-refractivity contribution in [1.29, 1.82) is 0 Å². The lowest BCUT2D eigenvalue weighted by Crippen LogP contribution is -2.02. The van der Waals surface area contributed by atoms with Gasteiger partial charge in [-0.1, -0.05) is 5.16 Å². The molecule has 7 heteroatoms. The maximum atomic E-state index is 13.8. The van der Waals surface area contributed by atoms with Gasteiger partial charge in [0.1, 0.15) is 11.6 Å². The zero-order valence-corrected chi connectivity index (χ0v) is 13.8. The number of imidazole rings is 1. The molecular formula is C13H11FIN3OS. The van der Waals surface area contributed by atoms with Gasteiger partial charge in [0.25, 0.3) is 0 Å². The molecule has 20 heavy (non-hydrogen) atoms. The van der Waals surface area contributed by atoms with Crippen LogP contribution >= 0.6 is 34.8 Å². The highest BCUT2D eigenvalue weighted by atomic mass is 127. The minimum atomic E-state index is -0.250. The molecule has 2 aromatic heterocycles. The van der Waals surface area contributed by atoms with Crippen molar-refractivity contribution < 1.29 is 8.91 Å². The second-order valence-electron chi connectivity index (χ2n) is 4.60. The molecule has 4 nitrogen and oxygen atoms in total. The van der Waals surface area contributed by atoms with Crippen LogP contribution in [0.15, 0.2) is 16.7 Å². The molecule has 0 aliphatic rings. The third-order valence-electron chi connectivity index (χ3n) is 3.31. The second kappa shape index (κ2) is 4.96. The summed E-state index contributed by atoms with van der Waals surface area (Å²) >= 11 is 7.29. The molecule has 0 atom stereocenters. The summed E-state index contributed by atoms with van der Waals surface area (Å²) in [4.78, 5) is 3.10. The predicted molar refractivity (Wildman–Crippen MR) is 84.9 cm³/mol. The summed E-state index contributed by atoms with van der Waals surface area (Å²) in [5, 5.41) is 3.93. The summed E-state index contributed by atoms with van der Waals surface area (Å²) in [6.45, 7) is 4.26. The van der Waals surface area contributed by atoms with E-state index in [4.69, 9.17) is 16.7 Å². The van der Waals surface area contributed by atoms with Gasteiger partial charge in [-0.2, -0.15) is 0 Å². The predicted octanol–water partition coefficient (Wildman–Crippen LogP) is 4.10. The average molecular weight is 403 g/mol. The van der Waals surface area contributed by atoms with Crippen molar-refractivity contribution >= 4 is 45.8 Å². The van der Waals surface area contributed by atoms with E-state index in [1.807, 2.05) is 41.0 Å². The molecule has 0 unspecified atom stereocenters. The van der Waals surface area contributed by atoms with E-state index < -0.39 is 0 Å². The van der Waals surface area contributed by atoms with Crippen LogP contribution in [0.1, 0.15) is 17.0 Å². The summed E-state index contributed by atoms with van der Waals surface area (Å²) < 4.78 is 21.9. The maximum Gasteiger partial charge on any atom is 0.178 e. The number of rotatable bonds is 2. The summed E-state index contributed by atoms with van der Waals surface area (Å²) in [5.41, 5.74) is 3.37. The lowest BCUT2D eigenvalue weighted by molar-refractivity contribution is 0.392. The molecule has 0 saturated heterocycles. The second-order valence-corrected chi connectivity index (χ2v) is 6.15. The van der Waals surface area contributed by atoms with Crippen molar-refractivity contribution in [2.45, 2.75) is 20.4 Å². The fraction of sp³-hybridized carbons (Fsp3) is 0.231. The highest BCUT2D eigenvalue weighted by Crippen LogP contribution is 2.23. The van der Waals surface area contributed by atoms with Gasteiger partial charge < -0.3 is 14.1 Å². The Morgan fingerprint density at radius 1 is 1.45 bits per heavy atom. The first-order valence-corrected chi connectivity index (χ1v) is 7.45. The van der Waals surface area contributed by atoms with Crippen LogP contribution in [0.5, 0.6) is 0 Å². The number of benzene rings is 1. The molecule has 0 radical (unpaired) electrons. The van der Waals surface area contributed by atoms with Crippen LogP contribution in [0.3, 0.4) is 0 Å². The van der Waals surface area contributed by atoms with E-state index >= 15 is 0 Å². The number of nitrogens with one attached hydrogen (secondary N) is 1. The fourth-order valence-corrected chi connectivity index (χ4v) is 2.93. The first-order chi connectivity index (χ1) is 9.47. The Morgan fingerprint density at radius 2 is 2.20 bits per heavy atom. The number of aromatic amines is 1. The Kier molecular flexibility index (Phi) is 3.41. The monoisotopic (exact) mass is 403 g/mol. The van der Waals surface area contributed by atoms with Crippen LogP contribution in [0, 0.1) is 28.0 Å². The topological polar surface area (TPSA) is 46.8 Å². The van der Waals surface area contributed by atoms with E-state index in [0.29, 0.717) is 14.9 Å². The molecule has 104 valence electrons. The lowest BCUT2D eigenvalue weighted by atomic mass is 10.2. The number of aryl methyl sites for hydroxylation is 2. The van der Waals surface area contributed by atoms with Gasteiger partial charge >= 0.3 is 0 Å².